The number of ether oxygens (including phenoxy) is 2. The first-order valence-corrected chi connectivity index (χ1v) is 10.8. The van der Waals surface area contributed by atoms with Crippen molar-refractivity contribution in [2.45, 2.75) is 44.5 Å². The molecule has 1 aromatic carbocycles. The second-order valence-electron chi connectivity index (χ2n) is 8.09. The Balaban J connectivity index is 1.41. The van der Waals surface area contributed by atoms with E-state index in [9.17, 15) is 5.11 Å². The van der Waals surface area contributed by atoms with E-state index in [0.29, 0.717) is 36.9 Å². The average molecular weight is 405 g/mol. The Hall–Kier alpha value is -2.70. The van der Waals surface area contributed by atoms with Crippen LogP contribution in [-0.4, -0.2) is 45.3 Å². The highest BCUT2D eigenvalue weighted by atomic mass is 16.5. The van der Waals surface area contributed by atoms with E-state index in [1.807, 2.05) is 55.6 Å². The summed E-state index contributed by atoms with van der Waals surface area (Å²) in [4.78, 5) is 11.0. The molecule has 1 N–H and O–H groups in total. The van der Waals surface area contributed by atoms with Gasteiger partial charge in [0, 0.05) is 41.8 Å². The predicted molar refractivity (Wildman–Crippen MR) is 114 cm³/mol. The van der Waals surface area contributed by atoms with Crippen LogP contribution in [0.2, 0.25) is 0 Å². The van der Waals surface area contributed by atoms with Crippen molar-refractivity contribution in [1.29, 1.82) is 0 Å². The maximum atomic E-state index is 11.6. The lowest BCUT2D eigenvalue weighted by Gasteiger charge is -2.30. The van der Waals surface area contributed by atoms with Gasteiger partial charge in [0.25, 0.3) is 0 Å². The lowest BCUT2D eigenvalue weighted by molar-refractivity contribution is -0.0172. The maximum absolute atomic E-state index is 11.6. The molecule has 0 saturated carbocycles. The molecule has 30 heavy (non-hydrogen) atoms. The molecule has 4 unspecified atom stereocenters. The molecule has 3 aromatic rings. The summed E-state index contributed by atoms with van der Waals surface area (Å²) < 4.78 is 11.8. The van der Waals surface area contributed by atoms with Gasteiger partial charge in [-0.3, -0.25) is 4.90 Å². The van der Waals surface area contributed by atoms with Gasteiger partial charge in [-0.1, -0.05) is 30.3 Å². The van der Waals surface area contributed by atoms with Gasteiger partial charge in [0.2, 0.25) is 11.8 Å². The molecule has 2 aliphatic heterocycles. The van der Waals surface area contributed by atoms with Gasteiger partial charge in [0.05, 0.1) is 18.8 Å². The summed E-state index contributed by atoms with van der Waals surface area (Å²) in [6.07, 6.45) is 6.01. The van der Waals surface area contributed by atoms with Crippen LogP contribution in [0.4, 0.5) is 0 Å². The Labute approximate surface area is 176 Å². The topological polar surface area (TPSA) is 67.7 Å². The number of fused-ring (bicyclic) bond motifs is 3. The highest BCUT2D eigenvalue weighted by Gasteiger charge is 2.50. The molecule has 0 amide bonds. The molecule has 0 aliphatic carbocycles. The number of aliphatic hydroxyl groups excluding tert-OH is 1. The first-order valence-electron chi connectivity index (χ1n) is 10.8. The van der Waals surface area contributed by atoms with E-state index in [0.717, 1.165) is 35.6 Å². The van der Waals surface area contributed by atoms with Gasteiger partial charge in [-0.25, -0.2) is 9.97 Å². The molecule has 0 spiro atoms. The maximum Gasteiger partial charge on any atom is 0.221 e. The van der Waals surface area contributed by atoms with E-state index in [1.165, 1.54) is 0 Å². The fourth-order valence-electron chi connectivity index (χ4n) is 5.16. The quantitative estimate of drug-likeness (QED) is 0.642. The van der Waals surface area contributed by atoms with E-state index in [-0.39, 0.29) is 6.04 Å². The third-order valence-electron chi connectivity index (χ3n) is 6.43. The number of aliphatic hydroxyl groups is 1. The average Bonchev–Trinajstić information content (AvgIpc) is 3.36. The Morgan fingerprint density at radius 3 is 2.80 bits per heavy atom. The zero-order valence-corrected chi connectivity index (χ0v) is 17.1. The van der Waals surface area contributed by atoms with Crippen LogP contribution in [0.25, 0.3) is 10.8 Å². The van der Waals surface area contributed by atoms with Crippen LogP contribution in [0.5, 0.6) is 11.8 Å². The molecular formula is C24H27N3O3. The Kier molecular flexibility index (Phi) is 5.27. The van der Waals surface area contributed by atoms with Crippen molar-refractivity contribution in [3.05, 3.63) is 60.4 Å². The molecule has 156 valence electrons. The summed E-state index contributed by atoms with van der Waals surface area (Å²) in [5.41, 5.74) is 0.776. The molecule has 6 heteroatoms. The normalized spacial score (nSPS) is 24.3. The van der Waals surface area contributed by atoms with Crippen molar-refractivity contribution in [2.75, 3.05) is 13.2 Å². The molecule has 5 rings (SSSR count). The number of nitrogens with zero attached hydrogens (tertiary/aromatic N) is 3. The van der Waals surface area contributed by atoms with Crippen molar-refractivity contribution in [3.8, 4) is 11.8 Å². The molecule has 0 radical (unpaired) electrons. The number of aromatic nitrogens is 2. The first kappa shape index (κ1) is 19.3. The van der Waals surface area contributed by atoms with E-state index in [4.69, 9.17) is 9.47 Å². The number of rotatable bonds is 7. The first-order chi connectivity index (χ1) is 14.8. The Morgan fingerprint density at radius 2 is 1.97 bits per heavy atom. The lowest BCUT2D eigenvalue weighted by Crippen LogP contribution is -2.36. The SMILES string of the molecule is CCOc1ncc2ccccc2c1C(O)N1C2CCC1C(COc1ccccn1)C2. The van der Waals surface area contributed by atoms with Crippen molar-refractivity contribution in [3.63, 3.8) is 0 Å². The summed E-state index contributed by atoms with van der Waals surface area (Å²) in [6, 6.07) is 14.4. The second kappa shape index (κ2) is 8.20. The molecule has 4 atom stereocenters. The number of hydrogen-bond donors (Lipinski definition) is 1. The monoisotopic (exact) mass is 405 g/mol. The van der Waals surface area contributed by atoms with Crippen molar-refractivity contribution in [1.82, 2.24) is 14.9 Å². The van der Waals surface area contributed by atoms with Crippen LogP contribution in [0.15, 0.2) is 54.9 Å². The van der Waals surface area contributed by atoms with Gasteiger partial charge < -0.3 is 14.6 Å². The van der Waals surface area contributed by atoms with Gasteiger partial charge in [-0.2, -0.15) is 0 Å². The van der Waals surface area contributed by atoms with Gasteiger partial charge in [-0.05, 0) is 37.6 Å². The summed E-state index contributed by atoms with van der Waals surface area (Å²) in [5, 5.41) is 13.6. The smallest absolute Gasteiger partial charge is 0.221 e. The highest BCUT2D eigenvalue weighted by molar-refractivity contribution is 5.86. The van der Waals surface area contributed by atoms with E-state index in [1.54, 1.807) is 6.20 Å². The second-order valence-corrected chi connectivity index (χ2v) is 8.09. The molecular weight excluding hydrogens is 378 g/mol. The van der Waals surface area contributed by atoms with E-state index in [2.05, 4.69) is 14.9 Å². The summed E-state index contributed by atoms with van der Waals surface area (Å²) in [7, 11) is 0. The predicted octanol–water partition coefficient (Wildman–Crippen LogP) is 3.95. The van der Waals surface area contributed by atoms with Gasteiger partial charge in [-0.15, -0.1) is 0 Å². The Morgan fingerprint density at radius 1 is 1.10 bits per heavy atom. The standard InChI is InChI=1S/C24H27N3O3/c1-2-29-23-22(19-8-4-3-7-16(19)14-26-23)24(28)27-18-10-11-20(27)17(13-18)15-30-21-9-5-6-12-25-21/h3-9,12,14,17-18,20,24,28H,2,10-11,13,15H2,1H3. The van der Waals surface area contributed by atoms with Crippen LogP contribution in [0.1, 0.15) is 38.0 Å². The molecule has 2 bridgehead atoms. The fraction of sp³-hybridized carbons (Fsp3) is 0.417. The van der Waals surface area contributed by atoms with Crippen LogP contribution in [0, 0.1) is 5.92 Å². The largest absolute Gasteiger partial charge is 0.478 e. The molecule has 2 aromatic heterocycles. The minimum Gasteiger partial charge on any atom is -0.478 e. The summed E-state index contributed by atoms with van der Waals surface area (Å²) in [5.74, 6) is 1.56. The fourth-order valence-corrected chi connectivity index (χ4v) is 5.16. The van der Waals surface area contributed by atoms with Crippen molar-refractivity contribution >= 4 is 10.8 Å². The van der Waals surface area contributed by atoms with Gasteiger partial charge in [0.15, 0.2) is 0 Å². The third-order valence-corrected chi connectivity index (χ3v) is 6.43. The summed E-state index contributed by atoms with van der Waals surface area (Å²) >= 11 is 0. The van der Waals surface area contributed by atoms with Crippen LogP contribution >= 0.6 is 0 Å². The van der Waals surface area contributed by atoms with Crippen molar-refractivity contribution < 1.29 is 14.6 Å². The summed E-state index contributed by atoms with van der Waals surface area (Å²) in [6.45, 7) is 3.07. The number of hydrogen-bond acceptors (Lipinski definition) is 6. The minimum atomic E-state index is -0.748. The zero-order valence-electron chi connectivity index (χ0n) is 17.1. The number of pyridine rings is 2. The molecule has 2 aliphatic rings. The zero-order chi connectivity index (χ0) is 20.5. The third kappa shape index (κ3) is 3.40. The van der Waals surface area contributed by atoms with Crippen molar-refractivity contribution in [2.24, 2.45) is 5.92 Å². The van der Waals surface area contributed by atoms with Crippen LogP contribution in [-0.2, 0) is 0 Å². The molecule has 2 fully saturated rings. The number of benzene rings is 1. The minimum absolute atomic E-state index is 0.280. The Bertz CT molecular complexity index is 1010. The lowest BCUT2D eigenvalue weighted by atomic mass is 9.90. The molecule has 4 heterocycles. The molecule has 6 nitrogen and oxygen atoms in total. The van der Waals surface area contributed by atoms with E-state index < -0.39 is 6.23 Å². The van der Waals surface area contributed by atoms with Gasteiger partial charge in [0.1, 0.15) is 6.23 Å². The van der Waals surface area contributed by atoms with Gasteiger partial charge >= 0.3 is 0 Å². The van der Waals surface area contributed by atoms with E-state index >= 15 is 0 Å². The highest BCUT2D eigenvalue weighted by Crippen LogP contribution is 2.47. The van der Waals surface area contributed by atoms with Crippen LogP contribution in [0.3, 0.4) is 0 Å². The molecule has 2 saturated heterocycles. The van der Waals surface area contributed by atoms with Crippen LogP contribution < -0.4 is 9.47 Å².